The Kier molecular flexibility index (Phi) is 7.58. The quantitative estimate of drug-likeness (QED) is 0.786. The molecule has 1 aliphatic rings. The molecule has 0 aromatic carbocycles. The zero-order chi connectivity index (χ0) is 15.2. The van der Waals surface area contributed by atoms with Crippen molar-refractivity contribution in [1.82, 2.24) is 9.88 Å². The normalized spacial score (nSPS) is 17.0. The van der Waals surface area contributed by atoms with Gasteiger partial charge in [0.25, 0.3) is 0 Å². The van der Waals surface area contributed by atoms with E-state index in [9.17, 15) is 5.21 Å². The molecule has 0 amide bonds. The van der Waals surface area contributed by atoms with E-state index in [1.165, 1.54) is 19.3 Å². The molecule has 6 heteroatoms. The highest BCUT2D eigenvalue weighted by Gasteiger charge is 2.24. The average molecular weight is 310 g/mol. The van der Waals surface area contributed by atoms with Gasteiger partial charge in [-0.1, -0.05) is 20.3 Å². The third-order valence-corrected chi connectivity index (χ3v) is 4.36. The Bertz CT molecular complexity index is 448. The molecule has 0 saturated carbocycles. The summed E-state index contributed by atoms with van der Waals surface area (Å²) in [6.45, 7) is 10.6. The van der Waals surface area contributed by atoms with Gasteiger partial charge in [-0.05, 0) is 31.9 Å². The third kappa shape index (κ3) is 4.32. The number of nitrogens with one attached hydrogen (secondary N) is 1. The SMILES string of the molecule is CCCC(CC)N1CCN(c2nc(C)ccc2NO)CC1.O. The average Bonchev–Trinajstić information content (AvgIpc) is 2.53. The molecule has 0 spiro atoms. The monoisotopic (exact) mass is 310 g/mol. The first kappa shape index (κ1) is 18.7. The van der Waals surface area contributed by atoms with Crippen molar-refractivity contribution in [2.45, 2.75) is 46.1 Å². The molecule has 2 heterocycles. The molecule has 2 rings (SSSR count). The van der Waals surface area contributed by atoms with Gasteiger partial charge < -0.3 is 10.4 Å². The van der Waals surface area contributed by atoms with Crippen molar-refractivity contribution in [2.24, 2.45) is 0 Å². The second kappa shape index (κ2) is 8.92. The summed E-state index contributed by atoms with van der Waals surface area (Å²) < 4.78 is 0. The van der Waals surface area contributed by atoms with Crippen LogP contribution in [0.15, 0.2) is 12.1 Å². The van der Waals surface area contributed by atoms with Gasteiger partial charge in [-0.3, -0.25) is 15.6 Å². The molecule has 1 aromatic rings. The van der Waals surface area contributed by atoms with E-state index in [2.05, 4.69) is 34.1 Å². The molecule has 126 valence electrons. The number of pyridine rings is 1. The summed E-state index contributed by atoms with van der Waals surface area (Å²) in [6, 6.07) is 4.50. The van der Waals surface area contributed by atoms with Crippen LogP contribution in [0.4, 0.5) is 11.5 Å². The van der Waals surface area contributed by atoms with Gasteiger partial charge in [0, 0.05) is 37.9 Å². The number of hydrogen-bond acceptors (Lipinski definition) is 5. The van der Waals surface area contributed by atoms with Gasteiger partial charge in [-0.25, -0.2) is 4.98 Å². The van der Waals surface area contributed by atoms with Crippen LogP contribution in [0.2, 0.25) is 0 Å². The van der Waals surface area contributed by atoms with Crippen LogP contribution >= 0.6 is 0 Å². The van der Waals surface area contributed by atoms with Crippen LogP contribution in [-0.4, -0.2) is 52.8 Å². The molecular formula is C16H30N4O2. The number of rotatable bonds is 6. The van der Waals surface area contributed by atoms with E-state index in [-0.39, 0.29) is 5.48 Å². The van der Waals surface area contributed by atoms with E-state index in [0.29, 0.717) is 11.7 Å². The van der Waals surface area contributed by atoms with Crippen LogP contribution in [0.25, 0.3) is 0 Å². The maximum atomic E-state index is 9.26. The summed E-state index contributed by atoms with van der Waals surface area (Å²) in [5.41, 5.74) is 3.93. The molecule has 6 nitrogen and oxygen atoms in total. The molecule has 1 saturated heterocycles. The minimum absolute atomic E-state index is 0. The van der Waals surface area contributed by atoms with E-state index in [0.717, 1.165) is 37.7 Å². The van der Waals surface area contributed by atoms with Gasteiger partial charge in [0.15, 0.2) is 5.82 Å². The maximum Gasteiger partial charge on any atom is 0.154 e. The molecule has 0 aliphatic carbocycles. The molecule has 1 unspecified atom stereocenters. The summed E-state index contributed by atoms with van der Waals surface area (Å²) in [7, 11) is 0. The van der Waals surface area contributed by atoms with Crippen molar-refractivity contribution in [2.75, 3.05) is 36.6 Å². The first-order valence-corrected chi connectivity index (χ1v) is 8.06. The lowest BCUT2D eigenvalue weighted by molar-refractivity contribution is 0.170. The Morgan fingerprint density at radius 2 is 1.91 bits per heavy atom. The second-order valence-electron chi connectivity index (χ2n) is 5.81. The van der Waals surface area contributed by atoms with Crippen molar-refractivity contribution in [3.8, 4) is 0 Å². The van der Waals surface area contributed by atoms with Crippen LogP contribution in [0.5, 0.6) is 0 Å². The molecule has 1 atom stereocenters. The Morgan fingerprint density at radius 1 is 1.23 bits per heavy atom. The zero-order valence-corrected chi connectivity index (χ0v) is 14.0. The maximum absolute atomic E-state index is 9.26. The summed E-state index contributed by atoms with van der Waals surface area (Å²) in [4.78, 5) is 9.44. The van der Waals surface area contributed by atoms with Crippen molar-refractivity contribution in [3.63, 3.8) is 0 Å². The van der Waals surface area contributed by atoms with Gasteiger partial charge in [0.2, 0.25) is 0 Å². The summed E-state index contributed by atoms with van der Waals surface area (Å²) in [5, 5.41) is 9.26. The van der Waals surface area contributed by atoms with Crippen LogP contribution in [0.1, 0.15) is 38.8 Å². The third-order valence-electron chi connectivity index (χ3n) is 4.36. The number of nitrogens with zero attached hydrogens (tertiary/aromatic N) is 3. The van der Waals surface area contributed by atoms with E-state index < -0.39 is 0 Å². The fraction of sp³-hybridized carbons (Fsp3) is 0.688. The van der Waals surface area contributed by atoms with E-state index >= 15 is 0 Å². The summed E-state index contributed by atoms with van der Waals surface area (Å²) in [6.07, 6.45) is 3.75. The van der Waals surface area contributed by atoms with Gasteiger partial charge in [-0.15, -0.1) is 0 Å². The predicted molar refractivity (Wildman–Crippen MR) is 90.8 cm³/mol. The van der Waals surface area contributed by atoms with Crippen LogP contribution in [-0.2, 0) is 0 Å². The number of anilines is 2. The Balaban J connectivity index is 0.00000242. The van der Waals surface area contributed by atoms with Crippen molar-refractivity contribution in [3.05, 3.63) is 17.8 Å². The Morgan fingerprint density at radius 3 is 2.45 bits per heavy atom. The van der Waals surface area contributed by atoms with Crippen LogP contribution < -0.4 is 10.4 Å². The minimum Gasteiger partial charge on any atom is -0.412 e. The fourth-order valence-electron chi connectivity index (χ4n) is 3.15. The highest BCUT2D eigenvalue weighted by molar-refractivity contribution is 5.65. The number of hydrogen-bond donors (Lipinski definition) is 2. The molecular weight excluding hydrogens is 280 g/mol. The molecule has 1 aliphatic heterocycles. The first-order valence-electron chi connectivity index (χ1n) is 8.06. The molecule has 0 bridgehead atoms. The highest BCUT2D eigenvalue weighted by Crippen LogP contribution is 2.25. The highest BCUT2D eigenvalue weighted by atomic mass is 16.5. The van der Waals surface area contributed by atoms with Crippen molar-refractivity contribution >= 4 is 11.5 Å². The van der Waals surface area contributed by atoms with Crippen molar-refractivity contribution < 1.29 is 10.7 Å². The largest absolute Gasteiger partial charge is 0.412 e. The Labute approximate surface area is 133 Å². The smallest absolute Gasteiger partial charge is 0.154 e. The molecule has 22 heavy (non-hydrogen) atoms. The molecule has 1 fully saturated rings. The molecule has 4 N–H and O–H groups in total. The lowest BCUT2D eigenvalue weighted by Crippen LogP contribution is -2.50. The summed E-state index contributed by atoms with van der Waals surface area (Å²) in [5.74, 6) is 0.862. The standard InChI is InChI=1S/C16H28N4O.H2O/c1-4-6-14(5-2)19-9-11-20(12-10-19)16-15(18-21)8-7-13(3)17-16;/h7-8,14,18,21H,4-6,9-12H2,1-3H3;1H2. The van der Waals surface area contributed by atoms with E-state index in [4.69, 9.17) is 0 Å². The van der Waals surface area contributed by atoms with E-state index in [1.54, 1.807) is 0 Å². The van der Waals surface area contributed by atoms with Gasteiger partial charge >= 0.3 is 0 Å². The lowest BCUT2D eigenvalue weighted by atomic mass is 10.1. The van der Waals surface area contributed by atoms with Crippen LogP contribution in [0, 0.1) is 6.92 Å². The van der Waals surface area contributed by atoms with E-state index in [1.807, 2.05) is 19.1 Å². The van der Waals surface area contributed by atoms with Crippen molar-refractivity contribution in [1.29, 1.82) is 0 Å². The Hall–Kier alpha value is -1.37. The molecule has 0 radical (unpaired) electrons. The number of aryl methyl sites for hydroxylation is 1. The number of aromatic nitrogens is 1. The second-order valence-corrected chi connectivity index (χ2v) is 5.81. The van der Waals surface area contributed by atoms with Crippen LogP contribution in [0.3, 0.4) is 0 Å². The fourth-order valence-corrected chi connectivity index (χ4v) is 3.15. The predicted octanol–water partition coefficient (Wildman–Crippen LogP) is 2.07. The minimum atomic E-state index is 0. The van der Waals surface area contributed by atoms with Gasteiger partial charge in [-0.2, -0.15) is 0 Å². The van der Waals surface area contributed by atoms with Gasteiger partial charge in [0.05, 0.1) is 0 Å². The first-order chi connectivity index (χ1) is 10.2. The number of piperazine rings is 1. The molecule has 1 aromatic heterocycles. The summed E-state index contributed by atoms with van der Waals surface area (Å²) >= 11 is 0. The zero-order valence-electron chi connectivity index (χ0n) is 14.0. The lowest BCUT2D eigenvalue weighted by Gasteiger charge is -2.40. The van der Waals surface area contributed by atoms with Gasteiger partial charge in [0.1, 0.15) is 5.69 Å². The topological polar surface area (TPSA) is 83.1 Å².